The van der Waals surface area contributed by atoms with Crippen molar-refractivity contribution in [1.29, 1.82) is 5.26 Å². The fourth-order valence-electron chi connectivity index (χ4n) is 2.02. The second kappa shape index (κ2) is 9.25. The lowest BCUT2D eigenvalue weighted by Gasteiger charge is -2.23. The average molecular weight is 290 g/mol. The zero-order valence-corrected chi connectivity index (χ0v) is 13.3. The normalized spacial score (nSPS) is 13.2. The molecule has 1 N–H and O–H groups in total. The molecule has 1 rings (SSSR count). The van der Waals surface area contributed by atoms with Crippen LogP contribution in [0.1, 0.15) is 40.0 Å². The lowest BCUT2D eigenvalue weighted by Crippen LogP contribution is -2.41. The first-order chi connectivity index (χ1) is 10.1. The van der Waals surface area contributed by atoms with Crippen LogP contribution in [0, 0.1) is 11.3 Å². The molecule has 1 aromatic rings. The SMILES string of the molecule is CCCNC(C)(C#N)CCCOc1cccc(OCC)c1. The van der Waals surface area contributed by atoms with Gasteiger partial charge in [0.05, 0.1) is 19.3 Å². The Morgan fingerprint density at radius 3 is 2.57 bits per heavy atom. The molecule has 116 valence electrons. The van der Waals surface area contributed by atoms with Gasteiger partial charge in [-0.15, -0.1) is 0 Å². The lowest BCUT2D eigenvalue weighted by molar-refractivity contribution is 0.282. The molecule has 4 heteroatoms. The number of benzene rings is 1. The summed E-state index contributed by atoms with van der Waals surface area (Å²) in [6, 6.07) is 9.99. The van der Waals surface area contributed by atoms with Gasteiger partial charge in [0, 0.05) is 6.07 Å². The Labute approximate surface area is 128 Å². The Hall–Kier alpha value is -1.73. The molecule has 21 heavy (non-hydrogen) atoms. The lowest BCUT2D eigenvalue weighted by atomic mass is 9.98. The van der Waals surface area contributed by atoms with Crippen LogP contribution in [0.15, 0.2) is 24.3 Å². The Morgan fingerprint density at radius 2 is 1.95 bits per heavy atom. The number of nitriles is 1. The Bertz CT molecular complexity index is 456. The minimum absolute atomic E-state index is 0.466. The fourth-order valence-corrected chi connectivity index (χ4v) is 2.02. The Balaban J connectivity index is 2.36. The van der Waals surface area contributed by atoms with E-state index in [9.17, 15) is 5.26 Å². The van der Waals surface area contributed by atoms with Crippen molar-refractivity contribution in [2.24, 2.45) is 0 Å². The number of hydrogen-bond donors (Lipinski definition) is 1. The van der Waals surface area contributed by atoms with Crippen molar-refractivity contribution in [2.75, 3.05) is 19.8 Å². The van der Waals surface area contributed by atoms with Gasteiger partial charge in [0.15, 0.2) is 0 Å². The maximum Gasteiger partial charge on any atom is 0.122 e. The van der Waals surface area contributed by atoms with E-state index in [0.717, 1.165) is 37.3 Å². The third-order valence-electron chi connectivity index (χ3n) is 3.22. The van der Waals surface area contributed by atoms with Crippen molar-refractivity contribution in [3.05, 3.63) is 24.3 Å². The average Bonchev–Trinajstić information content (AvgIpc) is 2.50. The van der Waals surface area contributed by atoms with E-state index in [-0.39, 0.29) is 0 Å². The third-order valence-corrected chi connectivity index (χ3v) is 3.22. The van der Waals surface area contributed by atoms with Gasteiger partial charge in [-0.3, -0.25) is 5.32 Å². The Morgan fingerprint density at radius 1 is 1.24 bits per heavy atom. The minimum atomic E-state index is -0.466. The summed E-state index contributed by atoms with van der Waals surface area (Å²) in [6.45, 7) is 8.10. The molecule has 0 spiro atoms. The van der Waals surface area contributed by atoms with E-state index in [0.29, 0.717) is 13.2 Å². The summed E-state index contributed by atoms with van der Waals surface area (Å²) >= 11 is 0. The smallest absolute Gasteiger partial charge is 0.122 e. The second-order valence-corrected chi connectivity index (χ2v) is 5.23. The second-order valence-electron chi connectivity index (χ2n) is 5.23. The van der Waals surface area contributed by atoms with Crippen LogP contribution >= 0.6 is 0 Å². The molecule has 4 nitrogen and oxygen atoms in total. The van der Waals surface area contributed by atoms with Crippen LogP contribution in [-0.4, -0.2) is 25.3 Å². The summed E-state index contributed by atoms with van der Waals surface area (Å²) < 4.78 is 11.2. The summed E-state index contributed by atoms with van der Waals surface area (Å²) in [5, 5.41) is 12.5. The van der Waals surface area contributed by atoms with Crippen molar-refractivity contribution in [3.63, 3.8) is 0 Å². The van der Waals surface area contributed by atoms with Crippen LogP contribution in [-0.2, 0) is 0 Å². The van der Waals surface area contributed by atoms with Crippen LogP contribution in [0.25, 0.3) is 0 Å². The van der Waals surface area contributed by atoms with Gasteiger partial charge in [0.1, 0.15) is 17.0 Å². The molecule has 0 amide bonds. The van der Waals surface area contributed by atoms with Gasteiger partial charge in [0.25, 0.3) is 0 Å². The predicted octanol–water partition coefficient (Wildman–Crippen LogP) is 3.53. The highest BCUT2D eigenvalue weighted by atomic mass is 16.5. The molecular weight excluding hydrogens is 264 g/mol. The van der Waals surface area contributed by atoms with E-state index < -0.39 is 5.54 Å². The topological polar surface area (TPSA) is 54.3 Å². The van der Waals surface area contributed by atoms with E-state index in [1.165, 1.54) is 0 Å². The molecule has 0 fully saturated rings. The van der Waals surface area contributed by atoms with Crippen LogP contribution in [0.3, 0.4) is 0 Å². The number of hydrogen-bond acceptors (Lipinski definition) is 4. The number of nitrogens with zero attached hydrogens (tertiary/aromatic N) is 1. The fraction of sp³-hybridized carbons (Fsp3) is 0.588. The summed E-state index contributed by atoms with van der Waals surface area (Å²) in [6.07, 6.45) is 2.63. The Kier molecular flexibility index (Phi) is 7.63. The maximum atomic E-state index is 9.25. The van der Waals surface area contributed by atoms with Crippen LogP contribution < -0.4 is 14.8 Å². The van der Waals surface area contributed by atoms with E-state index in [4.69, 9.17) is 9.47 Å². The standard InChI is InChI=1S/C17H26N2O2/c1-4-11-19-17(3,14-18)10-7-12-21-16-9-6-8-15(13-16)20-5-2/h6,8-9,13,19H,4-5,7,10-12H2,1-3H3. The predicted molar refractivity (Wildman–Crippen MR) is 84.7 cm³/mol. The highest BCUT2D eigenvalue weighted by molar-refractivity contribution is 5.32. The molecular formula is C17H26N2O2. The molecule has 1 atom stereocenters. The number of nitrogens with one attached hydrogen (secondary N) is 1. The third kappa shape index (κ3) is 6.50. The highest BCUT2D eigenvalue weighted by Gasteiger charge is 2.21. The molecule has 0 aromatic heterocycles. The monoisotopic (exact) mass is 290 g/mol. The van der Waals surface area contributed by atoms with E-state index in [1.807, 2.05) is 38.1 Å². The molecule has 0 saturated heterocycles. The van der Waals surface area contributed by atoms with Crippen molar-refractivity contribution in [1.82, 2.24) is 5.32 Å². The maximum absolute atomic E-state index is 9.25. The zero-order valence-electron chi connectivity index (χ0n) is 13.3. The van der Waals surface area contributed by atoms with Crippen molar-refractivity contribution in [2.45, 2.75) is 45.6 Å². The molecule has 0 aliphatic heterocycles. The molecule has 1 unspecified atom stereocenters. The van der Waals surface area contributed by atoms with Gasteiger partial charge in [-0.05, 0) is 51.8 Å². The number of rotatable bonds is 10. The van der Waals surface area contributed by atoms with Gasteiger partial charge in [-0.25, -0.2) is 0 Å². The largest absolute Gasteiger partial charge is 0.494 e. The molecule has 0 bridgehead atoms. The first kappa shape index (κ1) is 17.3. The summed E-state index contributed by atoms with van der Waals surface area (Å²) in [4.78, 5) is 0. The van der Waals surface area contributed by atoms with Crippen LogP contribution in [0.5, 0.6) is 11.5 Å². The zero-order chi connectivity index (χ0) is 15.6. The quantitative estimate of drug-likeness (QED) is 0.670. The first-order valence-corrected chi connectivity index (χ1v) is 7.65. The molecule has 0 radical (unpaired) electrons. The summed E-state index contributed by atoms with van der Waals surface area (Å²) in [5.74, 6) is 1.63. The summed E-state index contributed by atoms with van der Waals surface area (Å²) in [7, 11) is 0. The van der Waals surface area contributed by atoms with E-state index in [1.54, 1.807) is 0 Å². The first-order valence-electron chi connectivity index (χ1n) is 7.65. The molecule has 0 aliphatic carbocycles. The van der Waals surface area contributed by atoms with Crippen molar-refractivity contribution in [3.8, 4) is 17.6 Å². The van der Waals surface area contributed by atoms with E-state index in [2.05, 4.69) is 18.3 Å². The molecule has 0 heterocycles. The van der Waals surface area contributed by atoms with Gasteiger partial charge in [-0.1, -0.05) is 13.0 Å². The molecule has 0 saturated carbocycles. The van der Waals surface area contributed by atoms with Gasteiger partial charge in [-0.2, -0.15) is 5.26 Å². The van der Waals surface area contributed by atoms with Crippen molar-refractivity contribution >= 4 is 0 Å². The van der Waals surface area contributed by atoms with E-state index >= 15 is 0 Å². The van der Waals surface area contributed by atoms with Crippen LogP contribution in [0.2, 0.25) is 0 Å². The summed E-state index contributed by atoms with van der Waals surface area (Å²) in [5.41, 5.74) is -0.466. The number of ether oxygens (including phenoxy) is 2. The van der Waals surface area contributed by atoms with Gasteiger partial charge >= 0.3 is 0 Å². The van der Waals surface area contributed by atoms with Crippen molar-refractivity contribution < 1.29 is 9.47 Å². The minimum Gasteiger partial charge on any atom is -0.494 e. The highest BCUT2D eigenvalue weighted by Crippen LogP contribution is 2.20. The van der Waals surface area contributed by atoms with Gasteiger partial charge in [0.2, 0.25) is 0 Å². The van der Waals surface area contributed by atoms with Gasteiger partial charge < -0.3 is 9.47 Å². The molecule has 0 aliphatic rings. The van der Waals surface area contributed by atoms with Crippen LogP contribution in [0.4, 0.5) is 0 Å². The molecule has 1 aromatic carbocycles.